The Labute approximate surface area is 149 Å². The van der Waals surface area contributed by atoms with Crippen LogP contribution in [0.1, 0.15) is 0 Å². The second-order valence-corrected chi connectivity index (χ2v) is 5.49. The minimum atomic E-state index is -0.320. The van der Waals surface area contributed by atoms with Crippen LogP contribution < -0.4 is 16.0 Å². The molecule has 3 aromatic rings. The maximum atomic E-state index is 12.2. The number of hydrogen-bond acceptors (Lipinski definition) is 4. The average molecular weight is 350 g/mol. The number of rotatable bonds is 6. The smallest absolute Gasteiger partial charge is 0.319 e. The summed E-state index contributed by atoms with van der Waals surface area (Å²) in [5.41, 5.74) is 2.78. The molecule has 0 atom stereocenters. The van der Waals surface area contributed by atoms with Crippen LogP contribution in [0.5, 0.6) is 0 Å². The van der Waals surface area contributed by atoms with E-state index >= 15 is 0 Å². The summed E-state index contributed by atoms with van der Waals surface area (Å²) in [6.45, 7) is 3.98. The number of carbonyl (C=O) groups excluding carboxylic acids is 2. The van der Waals surface area contributed by atoms with Crippen molar-refractivity contribution in [3.05, 3.63) is 61.2 Å². The molecular weight excluding hydrogens is 332 g/mol. The summed E-state index contributed by atoms with van der Waals surface area (Å²) in [6, 6.07) is 13.9. The van der Waals surface area contributed by atoms with Gasteiger partial charge in [-0.25, -0.2) is 9.48 Å². The van der Waals surface area contributed by atoms with Gasteiger partial charge in [-0.1, -0.05) is 23.4 Å². The summed E-state index contributed by atoms with van der Waals surface area (Å²) in [4.78, 5) is 23.8. The van der Waals surface area contributed by atoms with Gasteiger partial charge in [0.15, 0.2) is 0 Å². The fraction of sp³-hybridized carbons (Fsp3) is 0.111. The maximum Gasteiger partial charge on any atom is 0.319 e. The first-order valence-corrected chi connectivity index (χ1v) is 7.99. The van der Waals surface area contributed by atoms with Crippen molar-refractivity contribution < 1.29 is 9.59 Å². The van der Waals surface area contributed by atoms with Crippen molar-refractivity contribution in [2.75, 3.05) is 17.2 Å². The van der Waals surface area contributed by atoms with Crippen LogP contribution in [0.3, 0.4) is 0 Å². The largest absolute Gasteiger partial charge is 0.334 e. The molecule has 0 radical (unpaired) electrons. The van der Waals surface area contributed by atoms with Crippen LogP contribution in [-0.4, -0.2) is 33.5 Å². The quantitative estimate of drug-likeness (QED) is 0.594. The van der Waals surface area contributed by atoms with Gasteiger partial charge in [0.05, 0.1) is 5.52 Å². The molecule has 8 heteroatoms. The molecule has 132 valence electrons. The van der Waals surface area contributed by atoms with Gasteiger partial charge in [-0.2, -0.15) is 0 Å². The number of para-hydroxylation sites is 1. The Kier molecular flexibility index (Phi) is 5.23. The second-order valence-electron chi connectivity index (χ2n) is 5.49. The predicted octanol–water partition coefficient (Wildman–Crippen LogP) is 2.38. The van der Waals surface area contributed by atoms with Gasteiger partial charge in [0.1, 0.15) is 12.1 Å². The molecule has 0 unspecified atom stereocenters. The average Bonchev–Trinajstić information content (AvgIpc) is 3.04. The van der Waals surface area contributed by atoms with E-state index in [1.807, 2.05) is 24.3 Å². The Morgan fingerprint density at radius 1 is 1.04 bits per heavy atom. The van der Waals surface area contributed by atoms with Gasteiger partial charge in [0.2, 0.25) is 5.91 Å². The lowest BCUT2D eigenvalue weighted by Crippen LogP contribution is -2.28. The third-order valence-electron chi connectivity index (χ3n) is 3.55. The van der Waals surface area contributed by atoms with E-state index in [-0.39, 0.29) is 18.5 Å². The van der Waals surface area contributed by atoms with Crippen LogP contribution in [0.2, 0.25) is 0 Å². The summed E-state index contributed by atoms with van der Waals surface area (Å²) in [6.07, 6.45) is 1.59. The Balaban J connectivity index is 1.57. The van der Waals surface area contributed by atoms with E-state index in [0.29, 0.717) is 17.9 Å². The molecule has 0 saturated carbocycles. The lowest BCUT2D eigenvalue weighted by molar-refractivity contribution is -0.116. The van der Waals surface area contributed by atoms with E-state index in [4.69, 9.17) is 0 Å². The summed E-state index contributed by atoms with van der Waals surface area (Å²) < 4.78 is 1.55. The third-order valence-corrected chi connectivity index (χ3v) is 3.55. The highest BCUT2D eigenvalue weighted by Crippen LogP contribution is 2.14. The summed E-state index contributed by atoms with van der Waals surface area (Å²) >= 11 is 0. The number of benzene rings is 2. The lowest BCUT2D eigenvalue weighted by Gasteiger charge is -2.08. The minimum Gasteiger partial charge on any atom is -0.334 e. The number of hydrogen-bond donors (Lipinski definition) is 3. The van der Waals surface area contributed by atoms with Gasteiger partial charge in [0, 0.05) is 17.9 Å². The maximum absolute atomic E-state index is 12.2. The number of nitrogens with zero attached hydrogens (tertiary/aromatic N) is 3. The second kappa shape index (κ2) is 7.93. The number of nitrogens with one attached hydrogen (secondary N) is 3. The van der Waals surface area contributed by atoms with Crippen molar-refractivity contribution in [2.24, 2.45) is 0 Å². The summed E-state index contributed by atoms with van der Waals surface area (Å²) in [7, 11) is 0. The number of anilines is 2. The number of fused-ring (bicyclic) bond motifs is 1. The van der Waals surface area contributed by atoms with Crippen molar-refractivity contribution in [3.63, 3.8) is 0 Å². The zero-order chi connectivity index (χ0) is 18.4. The SMILES string of the molecule is C=CCNC(=O)Nc1ccc(NC(=O)Cn2nnc3ccccc32)cc1. The molecule has 26 heavy (non-hydrogen) atoms. The van der Waals surface area contributed by atoms with Crippen molar-refractivity contribution in [3.8, 4) is 0 Å². The summed E-state index contributed by atoms with van der Waals surface area (Å²) in [5.74, 6) is -0.218. The highest BCUT2D eigenvalue weighted by atomic mass is 16.2. The highest BCUT2D eigenvalue weighted by molar-refractivity contribution is 5.92. The molecule has 1 aromatic heterocycles. The fourth-order valence-electron chi connectivity index (χ4n) is 2.35. The van der Waals surface area contributed by atoms with Gasteiger partial charge in [-0.15, -0.1) is 11.7 Å². The van der Waals surface area contributed by atoms with Crippen LogP contribution in [0.4, 0.5) is 16.2 Å². The van der Waals surface area contributed by atoms with Crippen molar-refractivity contribution in [2.45, 2.75) is 6.54 Å². The molecule has 3 rings (SSSR count). The monoisotopic (exact) mass is 350 g/mol. The fourth-order valence-corrected chi connectivity index (χ4v) is 2.35. The first-order valence-electron chi connectivity index (χ1n) is 7.99. The van der Waals surface area contributed by atoms with Crippen molar-refractivity contribution in [1.29, 1.82) is 0 Å². The molecule has 8 nitrogen and oxygen atoms in total. The van der Waals surface area contributed by atoms with Crippen LogP contribution in [0.25, 0.3) is 11.0 Å². The number of aromatic nitrogens is 3. The molecule has 3 N–H and O–H groups in total. The topological polar surface area (TPSA) is 101 Å². The van der Waals surface area contributed by atoms with Crippen LogP contribution in [-0.2, 0) is 11.3 Å². The highest BCUT2D eigenvalue weighted by Gasteiger charge is 2.09. The standard InChI is InChI=1S/C18H18N6O2/c1-2-11-19-18(26)21-14-9-7-13(8-10-14)20-17(25)12-24-16-6-4-3-5-15(16)22-23-24/h2-10H,1,11-12H2,(H,20,25)(H2,19,21,26). The third kappa shape index (κ3) is 4.23. The molecular formula is C18H18N6O2. The zero-order valence-corrected chi connectivity index (χ0v) is 14.0. The molecule has 2 aromatic carbocycles. The van der Waals surface area contributed by atoms with E-state index in [2.05, 4.69) is 32.8 Å². The van der Waals surface area contributed by atoms with Crippen LogP contribution in [0.15, 0.2) is 61.2 Å². The molecule has 1 heterocycles. The summed E-state index contributed by atoms with van der Waals surface area (Å²) in [5, 5.41) is 16.1. The lowest BCUT2D eigenvalue weighted by atomic mass is 10.2. The Hall–Kier alpha value is -3.68. The minimum absolute atomic E-state index is 0.0600. The van der Waals surface area contributed by atoms with Gasteiger partial charge in [0.25, 0.3) is 0 Å². The van der Waals surface area contributed by atoms with E-state index in [1.165, 1.54) is 0 Å². The first-order chi connectivity index (χ1) is 12.7. The predicted molar refractivity (Wildman–Crippen MR) is 99.8 cm³/mol. The van der Waals surface area contributed by atoms with Gasteiger partial charge in [-0.05, 0) is 36.4 Å². The van der Waals surface area contributed by atoms with Crippen LogP contribution >= 0.6 is 0 Å². The zero-order valence-electron chi connectivity index (χ0n) is 14.0. The molecule has 0 aliphatic carbocycles. The van der Waals surface area contributed by atoms with Crippen molar-refractivity contribution >= 4 is 34.3 Å². The molecule has 0 aliphatic rings. The van der Waals surface area contributed by atoms with E-state index in [9.17, 15) is 9.59 Å². The first kappa shape index (κ1) is 17.2. The van der Waals surface area contributed by atoms with Gasteiger partial charge >= 0.3 is 6.03 Å². The molecule has 0 bridgehead atoms. The molecule has 0 aliphatic heterocycles. The van der Waals surface area contributed by atoms with Gasteiger partial charge < -0.3 is 16.0 Å². The Bertz CT molecular complexity index is 932. The Morgan fingerprint density at radius 3 is 2.46 bits per heavy atom. The van der Waals surface area contributed by atoms with Crippen LogP contribution in [0, 0.1) is 0 Å². The van der Waals surface area contributed by atoms with E-state index < -0.39 is 0 Å². The molecule has 0 fully saturated rings. The van der Waals surface area contributed by atoms with Crippen molar-refractivity contribution in [1.82, 2.24) is 20.3 Å². The molecule has 3 amide bonds. The molecule has 0 spiro atoms. The van der Waals surface area contributed by atoms with E-state index in [1.54, 1.807) is 35.0 Å². The Morgan fingerprint density at radius 2 is 1.73 bits per heavy atom. The normalized spacial score (nSPS) is 10.3. The van der Waals surface area contributed by atoms with Gasteiger partial charge in [-0.3, -0.25) is 4.79 Å². The number of amides is 3. The van der Waals surface area contributed by atoms with E-state index in [0.717, 1.165) is 11.0 Å². The number of urea groups is 1. The number of carbonyl (C=O) groups is 2. The molecule has 0 saturated heterocycles.